The zero-order chi connectivity index (χ0) is 15.0. The van der Waals surface area contributed by atoms with E-state index in [-0.39, 0.29) is 5.60 Å². The van der Waals surface area contributed by atoms with Crippen molar-refractivity contribution in [3.63, 3.8) is 0 Å². The predicted molar refractivity (Wildman–Crippen MR) is 88.3 cm³/mol. The van der Waals surface area contributed by atoms with Crippen molar-refractivity contribution in [3.8, 4) is 5.75 Å². The number of methoxy groups -OCH3 is 1. The van der Waals surface area contributed by atoms with E-state index in [4.69, 9.17) is 9.47 Å². The summed E-state index contributed by atoms with van der Waals surface area (Å²) in [7, 11) is 1.70. The molecule has 120 valence electrons. The van der Waals surface area contributed by atoms with Gasteiger partial charge in [-0.1, -0.05) is 0 Å². The largest absolute Gasteiger partial charge is 0.497 e. The Morgan fingerprint density at radius 3 is 2.14 bits per heavy atom. The molecule has 0 saturated heterocycles. The molecule has 0 aromatic heterocycles. The average molecular weight is 301 g/mol. The highest BCUT2D eigenvalue weighted by molar-refractivity contribution is 5.46. The van der Waals surface area contributed by atoms with Crippen LogP contribution in [0.5, 0.6) is 5.75 Å². The fourth-order valence-electron chi connectivity index (χ4n) is 5.38. The molecule has 1 aromatic rings. The first-order chi connectivity index (χ1) is 10.7. The topological polar surface area (TPSA) is 30.5 Å². The van der Waals surface area contributed by atoms with E-state index in [0.717, 1.165) is 42.3 Å². The van der Waals surface area contributed by atoms with E-state index < -0.39 is 0 Å². The van der Waals surface area contributed by atoms with E-state index in [1.165, 1.54) is 38.5 Å². The van der Waals surface area contributed by atoms with Crippen LogP contribution in [0.1, 0.15) is 38.5 Å². The van der Waals surface area contributed by atoms with Crippen LogP contribution in [0.4, 0.5) is 5.69 Å². The first-order valence-corrected chi connectivity index (χ1v) is 8.76. The van der Waals surface area contributed by atoms with Crippen molar-refractivity contribution in [3.05, 3.63) is 24.3 Å². The molecule has 4 aliphatic carbocycles. The molecular weight excluding hydrogens is 274 g/mol. The summed E-state index contributed by atoms with van der Waals surface area (Å²) in [5, 5.41) is 3.45. The number of hydrogen-bond acceptors (Lipinski definition) is 3. The Morgan fingerprint density at radius 1 is 1.00 bits per heavy atom. The van der Waals surface area contributed by atoms with E-state index in [1.807, 2.05) is 12.1 Å². The standard InChI is InChI=1S/C19H27NO2/c1-21-18-4-2-17(3-5-18)20-6-7-22-19-11-14-8-15(12-19)10-16(9-14)13-19/h2-5,14-16,20H,6-13H2,1H3. The van der Waals surface area contributed by atoms with Gasteiger partial charge in [0.1, 0.15) is 5.75 Å². The van der Waals surface area contributed by atoms with Crippen LogP contribution >= 0.6 is 0 Å². The van der Waals surface area contributed by atoms with E-state index in [9.17, 15) is 0 Å². The van der Waals surface area contributed by atoms with Crippen LogP contribution in [-0.4, -0.2) is 25.9 Å². The molecule has 0 radical (unpaired) electrons. The minimum absolute atomic E-state index is 0.232. The number of nitrogens with one attached hydrogen (secondary N) is 1. The maximum atomic E-state index is 6.42. The molecule has 1 aromatic carbocycles. The quantitative estimate of drug-likeness (QED) is 0.803. The lowest BCUT2D eigenvalue weighted by atomic mass is 9.54. The molecule has 5 rings (SSSR count). The Labute approximate surface area is 133 Å². The van der Waals surface area contributed by atoms with Crippen molar-refractivity contribution in [2.45, 2.75) is 44.1 Å². The second-order valence-electron chi connectivity index (χ2n) is 7.60. The first-order valence-electron chi connectivity index (χ1n) is 8.76. The van der Waals surface area contributed by atoms with Crippen molar-refractivity contribution in [2.24, 2.45) is 17.8 Å². The Balaban J connectivity index is 1.26. The van der Waals surface area contributed by atoms with Crippen molar-refractivity contribution < 1.29 is 9.47 Å². The molecule has 4 saturated carbocycles. The molecule has 0 unspecified atom stereocenters. The molecule has 4 fully saturated rings. The summed E-state index contributed by atoms with van der Waals surface area (Å²) in [6.45, 7) is 1.70. The first kappa shape index (κ1) is 14.4. The minimum Gasteiger partial charge on any atom is -0.497 e. The lowest BCUT2D eigenvalue weighted by Crippen LogP contribution is -2.52. The SMILES string of the molecule is COc1ccc(NCCOC23CC4CC(CC(C4)C2)C3)cc1. The zero-order valence-electron chi connectivity index (χ0n) is 13.5. The van der Waals surface area contributed by atoms with Gasteiger partial charge in [0.05, 0.1) is 19.3 Å². The highest BCUT2D eigenvalue weighted by atomic mass is 16.5. The Hall–Kier alpha value is -1.22. The van der Waals surface area contributed by atoms with Gasteiger partial charge in [0, 0.05) is 12.2 Å². The molecule has 0 aliphatic heterocycles. The summed E-state index contributed by atoms with van der Waals surface area (Å²) in [6, 6.07) is 8.09. The summed E-state index contributed by atoms with van der Waals surface area (Å²) < 4.78 is 11.6. The van der Waals surface area contributed by atoms with Crippen molar-refractivity contribution in [1.29, 1.82) is 0 Å². The van der Waals surface area contributed by atoms with E-state index in [2.05, 4.69) is 17.4 Å². The fourth-order valence-corrected chi connectivity index (χ4v) is 5.38. The monoisotopic (exact) mass is 301 g/mol. The molecule has 0 heterocycles. The Kier molecular flexibility index (Phi) is 3.77. The van der Waals surface area contributed by atoms with E-state index >= 15 is 0 Å². The molecule has 3 nitrogen and oxygen atoms in total. The molecule has 1 N–H and O–H groups in total. The number of ether oxygens (including phenoxy) is 2. The second-order valence-corrected chi connectivity index (χ2v) is 7.60. The van der Waals surface area contributed by atoms with Gasteiger partial charge in [0.2, 0.25) is 0 Å². The van der Waals surface area contributed by atoms with Gasteiger partial charge < -0.3 is 14.8 Å². The van der Waals surface area contributed by atoms with Gasteiger partial charge in [-0.05, 0) is 80.5 Å². The summed E-state index contributed by atoms with van der Waals surface area (Å²) in [6.07, 6.45) is 8.40. The third-order valence-electron chi connectivity index (χ3n) is 5.91. The van der Waals surface area contributed by atoms with E-state index in [1.54, 1.807) is 7.11 Å². The normalized spacial score (nSPS) is 35.6. The molecule has 0 spiro atoms. The third-order valence-corrected chi connectivity index (χ3v) is 5.91. The second kappa shape index (κ2) is 5.77. The average Bonchev–Trinajstić information content (AvgIpc) is 2.51. The van der Waals surface area contributed by atoms with Gasteiger partial charge >= 0.3 is 0 Å². The van der Waals surface area contributed by atoms with E-state index in [0.29, 0.717) is 0 Å². The van der Waals surface area contributed by atoms with Crippen molar-refractivity contribution in [2.75, 3.05) is 25.6 Å². The smallest absolute Gasteiger partial charge is 0.119 e. The van der Waals surface area contributed by atoms with Crippen LogP contribution in [-0.2, 0) is 4.74 Å². The van der Waals surface area contributed by atoms with Crippen LogP contribution in [0, 0.1) is 17.8 Å². The van der Waals surface area contributed by atoms with Gasteiger partial charge in [0.15, 0.2) is 0 Å². The highest BCUT2D eigenvalue weighted by Gasteiger charge is 2.51. The molecule has 0 amide bonds. The number of hydrogen-bond donors (Lipinski definition) is 1. The summed E-state index contributed by atoms with van der Waals surface area (Å²) in [5.74, 6) is 3.78. The van der Waals surface area contributed by atoms with Crippen LogP contribution in [0.25, 0.3) is 0 Å². The predicted octanol–water partition coefficient (Wildman–Crippen LogP) is 4.09. The van der Waals surface area contributed by atoms with Gasteiger partial charge in [0.25, 0.3) is 0 Å². The molecule has 0 atom stereocenters. The third kappa shape index (κ3) is 2.83. The molecule has 22 heavy (non-hydrogen) atoms. The lowest BCUT2D eigenvalue weighted by molar-refractivity contribution is -0.159. The minimum atomic E-state index is 0.232. The molecule has 4 bridgehead atoms. The maximum absolute atomic E-state index is 6.42. The zero-order valence-corrected chi connectivity index (χ0v) is 13.5. The lowest BCUT2D eigenvalue weighted by Gasteiger charge is -2.56. The van der Waals surface area contributed by atoms with Gasteiger partial charge in [-0.2, -0.15) is 0 Å². The Bertz CT molecular complexity index is 475. The molecule has 3 heteroatoms. The number of benzene rings is 1. The van der Waals surface area contributed by atoms with Crippen LogP contribution in [0.3, 0.4) is 0 Å². The van der Waals surface area contributed by atoms with Gasteiger partial charge in [-0.25, -0.2) is 0 Å². The molecular formula is C19H27NO2. The maximum Gasteiger partial charge on any atom is 0.119 e. The van der Waals surface area contributed by atoms with Crippen LogP contribution in [0.15, 0.2) is 24.3 Å². The van der Waals surface area contributed by atoms with Gasteiger partial charge in [-0.15, -0.1) is 0 Å². The summed E-state index contributed by atoms with van der Waals surface area (Å²) in [5.41, 5.74) is 1.37. The molecule has 4 aliphatic rings. The van der Waals surface area contributed by atoms with Crippen molar-refractivity contribution in [1.82, 2.24) is 0 Å². The Morgan fingerprint density at radius 2 is 1.59 bits per heavy atom. The highest BCUT2D eigenvalue weighted by Crippen LogP contribution is 2.57. The fraction of sp³-hybridized carbons (Fsp3) is 0.684. The van der Waals surface area contributed by atoms with Gasteiger partial charge in [-0.3, -0.25) is 0 Å². The summed E-state index contributed by atoms with van der Waals surface area (Å²) >= 11 is 0. The summed E-state index contributed by atoms with van der Waals surface area (Å²) in [4.78, 5) is 0. The number of rotatable bonds is 6. The van der Waals surface area contributed by atoms with Crippen LogP contribution < -0.4 is 10.1 Å². The number of anilines is 1. The van der Waals surface area contributed by atoms with Crippen molar-refractivity contribution >= 4 is 5.69 Å². The van der Waals surface area contributed by atoms with Crippen LogP contribution in [0.2, 0.25) is 0 Å².